The van der Waals surface area contributed by atoms with Crippen LogP contribution < -0.4 is 19.5 Å². The van der Waals surface area contributed by atoms with Crippen molar-refractivity contribution < 1.29 is 23.7 Å². The second-order valence-electron chi connectivity index (χ2n) is 7.08. The molecule has 2 atom stereocenters. The van der Waals surface area contributed by atoms with E-state index in [1.165, 1.54) is 0 Å². The lowest BCUT2D eigenvalue weighted by Crippen LogP contribution is -2.35. The summed E-state index contributed by atoms with van der Waals surface area (Å²) in [6.45, 7) is 2.83. The van der Waals surface area contributed by atoms with E-state index < -0.39 is 0 Å². The number of nitrogens with one attached hydrogen (secondary N) is 1. The number of carbonyl (C=O) groups is 1. The first-order valence-corrected chi connectivity index (χ1v) is 9.78. The van der Waals surface area contributed by atoms with Crippen LogP contribution in [-0.2, 0) is 9.53 Å². The van der Waals surface area contributed by atoms with Gasteiger partial charge in [0, 0.05) is 42.9 Å². The van der Waals surface area contributed by atoms with Crippen molar-refractivity contribution in [2.75, 3.05) is 27.4 Å². The van der Waals surface area contributed by atoms with Crippen molar-refractivity contribution in [1.82, 2.24) is 10.3 Å². The number of rotatable bonds is 7. The van der Waals surface area contributed by atoms with E-state index in [2.05, 4.69) is 10.3 Å². The summed E-state index contributed by atoms with van der Waals surface area (Å²) in [6.07, 6.45) is 1.44. The van der Waals surface area contributed by atoms with Gasteiger partial charge in [-0.05, 0) is 31.2 Å². The number of fused-ring (bicyclic) bond motifs is 2. The van der Waals surface area contributed by atoms with Crippen LogP contribution in [0.15, 0.2) is 48.7 Å². The molecule has 2 aromatic carbocycles. The SMILES string of the molecule is COCCNC(=O)C1c2ccc(Oc3ccnc4cc(OC)ccc34)cc2OC1C. The maximum atomic E-state index is 12.6. The molecule has 0 saturated heterocycles. The standard InChI is InChI=1S/C23H24N2O5/c1-14-22(23(26)25-10-11-27-2)18-7-5-16(13-21(18)29-14)30-20-8-9-24-19-12-15(28-3)4-6-17(19)20/h4-9,12-14,22H,10-11H2,1-3H3,(H,25,26). The molecule has 0 fully saturated rings. The van der Waals surface area contributed by atoms with Crippen molar-refractivity contribution in [3.8, 4) is 23.0 Å². The molecule has 1 aromatic heterocycles. The van der Waals surface area contributed by atoms with E-state index in [0.29, 0.717) is 30.4 Å². The largest absolute Gasteiger partial charge is 0.497 e. The molecule has 0 spiro atoms. The Kier molecular flexibility index (Phi) is 5.72. The molecule has 1 amide bonds. The molecule has 156 valence electrons. The number of ether oxygens (including phenoxy) is 4. The Morgan fingerprint density at radius 2 is 1.97 bits per heavy atom. The summed E-state index contributed by atoms with van der Waals surface area (Å²) < 4.78 is 22.3. The quantitative estimate of drug-likeness (QED) is 0.601. The van der Waals surface area contributed by atoms with Crippen molar-refractivity contribution in [1.29, 1.82) is 0 Å². The Hall–Kier alpha value is -3.32. The minimum Gasteiger partial charge on any atom is -0.497 e. The fourth-order valence-electron chi connectivity index (χ4n) is 3.64. The third kappa shape index (κ3) is 3.89. The highest BCUT2D eigenvalue weighted by atomic mass is 16.5. The van der Waals surface area contributed by atoms with Crippen LogP contribution in [0.2, 0.25) is 0 Å². The van der Waals surface area contributed by atoms with Crippen molar-refractivity contribution >= 4 is 16.8 Å². The summed E-state index contributed by atoms with van der Waals surface area (Å²) in [5.41, 5.74) is 1.64. The van der Waals surface area contributed by atoms with E-state index in [0.717, 1.165) is 22.2 Å². The summed E-state index contributed by atoms with van der Waals surface area (Å²) in [4.78, 5) is 17.0. The van der Waals surface area contributed by atoms with Gasteiger partial charge < -0.3 is 24.3 Å². The summed E-state index contributed by atoms with van der Waals surface area (Å²) >= 11 is 0. The van der Waals surface area contributed by atoms with Gasteiger partial charge in [0.15, 0.2) is 0 Å². The number of methoxy groups -OCH3 is 2. The van der Waals surface area contributed by atoms with Gasteiger partial charge in [-0.3, -0.25) is 9.78 Å². The Balaban J connectivity index is 1.56. The van der Waals surface area contributed by atoms with Crippen LogP contribution in [-0.4, -0.2) is 44.4 Å². The number of carbonyl (C=O) groups excluding carboxylic acids is 1. The fraction of sp³-hybridized carbons (Fsp3) is 0.304. The number of nitrogens with zero attached hydrogens (tertiary/aromatic N) is 1. The highest BCUT2D eigenvalue weighted by Gasteiger charge is 2.36. The summed E-state index contributed by atoms with van der Waals surface area (Å²) in [5, 5.41) is 3.77. The van der Waals surface area contributed by atoms with Gasteiger partial charge in [0.05, 0.1) is 19.2 Å². The van der Waals surface area contributed by atoms with Crippen LogP contribution >= 0.6 is 0 Å². The molecule has 1 aliphatic heterocycles. The summed E-state index contributed by atoms with van der Waals surface area (Å²) in [5.74, 6) is 2.28. The molecule has 1 aliphatic rings. The molecule has 0 radical (unpaired) electrons. The first kappa shape index (κ1) is 20.0. The van der Waals surface area contributed by atoms with Gasteiger partial charge in [0.2, 0.25) is 5.91 Å². The van der Waals surface area contributed by atoms with E-state index in [1.807, 2.05) is 49.4 Å². The molecule has 1 N–H and O–H groups in total. The molecule has 0 saturated carbocycles. The average molecular weight is 408 g/mol. The molecule has 7 nitrogen and oxygen atoms in total. The smallest absolute Gasteiger partial charge is 0.231 e. The normalized spacial score (nSPS) is 17.3. The maximum Gasteiger partial charge on any atom is 0.231 e. The minimum absolute atomic E-state index is 0.0685. The van der Waals surface area contributed by atoms with E-state index in [9.17, 15) is 4.79 Å². The Morgan fingerprint density at radius 1 is 1.13 bits per heavy atom. The van der Waals surface area contributed by atoms with Gasteiger partial charge in [-0.15, -0.1) is 0 Å². The minimum atomic E-state index is -0.361. The van der Waals surface area contributed by atoms with Gasteiger partial charge in [-0.25, -0.2) is 0 Å². The number of hydrogen-bond donors (Lipinski definition) is 1. The topological polar surface area (TPSA) is 78.9 Å². The zero-order valence-electron chi connectivity index (χ0n) is 17.2. The fourth-order valence-corrected chi connectivity index (χ4v) is 3.64. The van der Waals surface area contributed by atoms with E-state index >= 15 is 0 Å². The molecule has 7 heteroatoms. The predicted molar refractivity (Wildman–Crippen MR) is 113 cm³/mol. The van der Waals surface area contributed by atoms with Crippen LogP contribution in [0.3, 0.4) is 0 Å². The Bertz CT molecular complexity index is 1070. The first-order valence-electron chi connectivity index (χ1n) is 9.78. The van der Waals surface area contributed by atoms with E-state index in [1.54, 1.807) is 20.4 Å². The number of amides is 1. The highest BCUT2D eigenvalue weighted by molar-refractivity contribution is 5.87. The summed E-state index contributed by atoms with van der Waals surface area (Å²) in [6, 6.07) is 13.0. The zero-order valence-corrected chi connectivity index (χ0v) is 17.2. The van der Waals surface area contributed by atoms with Crippen molar-refractivity contribution in [3.63, 3.8) is 0 Å². The highest BCUT2D eigenvalue weighted by Crippen LogP contribution is 2.41. The van der Waals surface area contributed by atoms with Crippen LogP contribution in [0.1, 0.15) is 18.4 Å². The van der Waals surface area contributed by atoms with Gasteiger partial charge in [0.1, 0.15) is 35.0 Å². The number of aromatic nitrogens is 1. The maximum absolute atomic E-state index is 12.6. The number of benzene rings is 2. The van der Waals surface area contributed by atoms with Crippen LogP contribution in [0, 0.1) is 0 Å². The molecule has 2 heterocycles. The van der Waals surface area contributed by atoms with E-state index in [4.69, 9.17) is 18.9 Å². The molecule has 30 heavy (non-hydrogen) atoms. The molecule has 0 aliphatic carbocycles. The number of pyridine rings is 1. The van der Waals surface area contributed by atoms with Crippen molar-refractivity contribution in [3.05, 3.63) is 54.2 Å². The predicted octanol–water partition coefficient (Wildman–Crippen LogP) is 3.66. The van der Waals surface area contributed by atoms with Crippen molar-refractivity contribution in [2.45, 2.75) is 18.9 Å². The average Bonchev–Trinajstić information content (AvgIpc) is 3.08. The monoisotopic (exact) mass is 408 g/mol. The summed E-state index contributed by atoms with van der Waals surface area (Å²) in [7, 11) is 3.23. The van der Waals surface area contributed by atoms with Crippen LogP contribution in [0.5, 0.6) is 23.0 Å². The Morgan fingerprint density at radius 3 is 2.77 bits per heavy atom. The van der Waals surface area contributed by atoms with Crippen LogP contribution in [0.4, 0.5) is 0 Å². The molecule has 0 bridgehead atoms. The Labute approximate surface area is 174 Å². The molecular weight excluding hydrogens is 384 g/mol. The molecule has 3 aromatic rings. The number of hydrogen-bond acceptors (Lipinski definition) is 6. The first-order chi connectivity index (χ1) is 14.6. The molecule has 2 unspecified atom stereocenters. The lowest BCUT2D eigenvalue weighted by molar-refractivity contribution is -0.123. The van der Waals surface area contributed by atoms with Gasteiger partial charge in [-0.2, -0.15) is 0 Å². The van der Waals surface area contributed by atoms with E-state index in [-0.39, 0.29) is 17.9 Å². The lowest BCUT2D eigenvalue weighted by Gasteiger charge is -2.14. The van der Waals surface area contributed by atoms with Gasteiger partial charge in [-0.1, -0.05) is 6.07 Å². The zero-order chi connectivity index (χ0) is 21.1. The second-order valence-corrected chi connectivity index (χ2v) is 7.08. The third-order valence-corrected chi connectivity index (χ3v) is 5.13. The lowest BCUT2D eigenvalue weighted by atomic mass is 9.95. The molecular formula is C23H24N2O5. The molecule has 4 rings (SSSR count). The van der Waals surface area contributed by atoms with Gasteiger partial charge in [0.25, 0.3) is 0 Å². The van der Waals surface area contributed by atoms with Crippen molar-refractivity contribution in [2.24, 2.45) is 0 Å². The van der Waals surface area contributed by atoms with Gasteiger partial charge >= 0.3 is 0 Å². The third-order valence-electron chi connectivity index (χ3n) is 5.13. The van der Waals surface area contributed by atoms with Crippen LogP contribution in [0.25, 0.3) is 10.9 Å². The second kappa shape index (κ2) is 8.59.